The maximum Gasteiger partial charge on any atom is 0.229 e. The lowest BCUT2D eigenvalue weighted by Gasteiger charge is -2.36. The van der Waals surface area contributed by atoms with Crippen LogP contribution in [0.25, 0.3) is 22.0 Å². The van der Waals surface area contributed by atoms with Gasteiger partial charge in [-0.05, 0) is 23.8 Å². The second-order valence-corrected chi connectivity index (χ2v) is 8.27. The lowest BCUT2D eigenvalue weighted by molar-refractivity contribution is 0.240. The third-order valence-corrected chi connectivity index (χ3v) is 5.77. The van der Waals surface area contributed by atoms with Gasteiger partial charge >= 0.3 is 0 Å². The van der Waals surface area contributed by atoms with Gasteiger partial charge in [-0.3, -0.25) is 14.9 Å². The summed E-state index contributed by atoms with van der Waals surface area (Å²) in [7, 11) is 0. The molecule has 0 unspecified atom stereocenters. The third-order valence-electron chi connectivity index (χ3n) is 5.77. The number of piperazine rings is 1. The Hall–Kier alpha value is -3.32. The van der Waals surface area contributed by atoms with E-state index in [-0.39, 0.29) is 5.92 Å². The molecule has 4 heterocycles. The van der Waals surface area contributed by atoms with Gasteiger partial charge in [-0.2, -0.15) is 4.98 Å². The number of aromatic nitrogens is 4. The van der Waals surface area contributed by atoms with Crippen molar-refractivity contribution in [2.24, 2.45) is 0 Å². The van der Waals surface area contributed by atoms with Gasteiger partial charge in [-0.25, -0.2) is 0 Å². The van der Waals surface area contributed by atoms with E-state index in [0.29, 0.717) is 5.89 Å². The number of rotatable bonds is 5. The molecular weight excluding hydrogens is 388 g/mol. The first-order chi connectivity index (χ1) is 15.2. The number of hydrogen-bond acceptors (Lipinski definition) is 7. The summed E-state index contributed by atoms with van der Waals surface area (Å²) in [5, 5.41) is 5.31. The SMILES string of the molecule is CC(C)c1nc(CN2CCN(c3ccnc4cc(-c5cccnc5)ccc34)CC2)no1. The molecule has 1 aliphatic rings. The number of fused-ring (bicyclic) bond motifs is 1. The van der Waals surface area contributed by atoms with Crippen LogP contribution in [0.1, 0.15) is 31.5 Å². The molecule has 5 rings (SSSR count). The van der Waals surface area contributed by atoms with Crippen LogP contribution in [0.5, 0.6) is 0 Å². The zero-order chi connectivity index (χ0) is 21.2. The van der Waals surface area contributed by atoms with Gasteiger partial charge in [0.25, 0.3) is 0 Å². The van der Waals surface area contributed by atoms with Crippen molar-refractivity contribution in [3.8, 4) is 11.1 Å². The summed E-state index contributed by atoms with van der Waals surface area (Å²) < 4.78 is 5.34. The van der Waals surface area contributed by atoms with Crippen molar-refractivity contribution in [2.75, 3.05) is 31.1 Å². The summed E-state index contributed by atoms with van der Waals surface area (Å²) >= 11 is 0. The molecule has 0 atom stereocenters. The van der Waals surface area contributed by atoms with Gasteiger partial charge < -0.3 is 9.42 Å². The first-order valence-corrected chi connectivity index (χ1v) is 10.8. The van der Waals surface area contributed by atoms with E-state index in [4.69, 9.17) is 4.52 Å². The fourth-order valence-electron chi connectivity index (χ4n) is 4.03. The largest absolute Gasteiger partial charge is 0.368 e. The zero-order valence-corrected chi connectivity index (χ0v) is 17.9. The molecule has 1 aromatic carbocycles. The summed E-state index contributed by atoms with van der Waals surface area (Å²) in [5.41, 5.74) is 4.49. The van der Waals surface area contributed by atoms with Crippen LogP contribution < -0.4 is 4.90 Å². The van der Waals surface area contributed by atoms with E-state index in [9.17, 15) is 0 Å². The predicted molar refractivity (Wildman–Crippen MR) is 121 cm³/mol. The van der Waals surface area contributed by atoms with Crippen molar-refractivity contribution in [3.05, 3.63) is 66.7 Å². The van der Waals surface area contributed by atoms with Crippen LogP contribution in [-0.4, -0.2) is 51.2 Å². The van der Waals surface area contributed by atoms with E-state index in [1.54, 1.807) is 6.20 Å². The number of anilines is 1. The highest BCUT2D eigenvalue weighted by Crippen LogP contribution is 2.30. The number of hydrogen-bond donors (Lipinski definition) is 0. The molecule has 31 heavy (non-hydrogen) atoms. The highest BCUT2D eigenvalue weighted by atomic mass is 16.5. The smallest absolute Gasteiger partial charge is 0.229 e. The molecule has 7 nitrogen and oxygen atoms in total. The quantitative estimate of drug-likeness (QED) is 0.486. The summed E-state index contributed by atoms with van der Waals surface area (Å²) in [4.78, 5) is 18.2. The first-order valence-electron chi connectivity index (χ1n) is 10.8. The van der Waals surface area contributed by atoms with Crippen molar-refractivity contribution < 1.29 is 4.52 Å². The second kappa shape index (κ2) is 8.43. The van der Waals surface area contributed by atoms with Gasteiger partial charge in [0.05, 0.1) is 12.1 Å². The topological polar surface area (TPSA) is 71.2 Å². The summed E-state index contributed by atoms with van der Waals surface area (Å²) in [6.07, 6.45) is 5.59. The monoisotopic (exact) mass is 414 g/mol. The normalized spacial score (nSPS) is 15.1. The maximum absolute atomic E-state index is 5.34. The third kappa shape index (κ3) is 4.14. The zero-order valence-electron chi connectivity index (χ0n) is 17.9. The van der Waals surface area contributed by atoms with Crippen LogP contribution in [-0.2, 0) is 6.54 Å². The van der Waals surface area contributed by atoms with E-state index >= 15 is 0 Å². The Bertz CT molecular complexity index is 1170. The van der Waals surface area contributed by atoms with E-state index in [1.165, 1.54) is 11.1 Å². The molecule has 0 N–H and O–H groups in total. The van der Waals surface area contributed by atoms with E-state index in [1.807, 2.05) is 18.5 Å². The molecule has 0 bridgehead atoms. The summed E-state index contributed by atoms with van der Waals surface area (Å²) in [6, 6.07) is 12.6. The van der Waals surface area contributed by atoms with Crippen molar-refractivity contribution in [2.45, 2.75) is 26.3 Å². The molecule has 7 heteroatoms. The van der Waals surface area contributed by atoms with Gasteiger partial charge in [0.2, 0.25) is 5.89 Å². The fourth-order valence-corrected chi connectivity index (χ4v) is 4.03. The molecule has 158 valence electrons. The van der Waals surface area contributed by atoms with Gasteiger partial charge in [0.1, 0.15) is 0 Å². The molecule has 0 aliphatic carbocycles. The Kier molecular flexibility index (Phi) is 5.34. The Morgan fingerprint density at radius 1 is 1.00 bits per heavy atom. The van der Waals surface area contributed by atoms with Crippen molar-refractivity contribution in [1.82, 2.24) is 25.0 Å². The lowest BCUT2D eigenvalue weighted by Crippen LogP contribution is -2.46. The van der Waals surface area contributed by atoms with Crippen molar-refractivity contribution >= 4 is 16.6 Å². The van der Waals surface area contributed by atoms with Crippen LogP contribution >= 0.6 is 0 Å². The minimum atomic E-state index is 0.261. The van der Waals surface area contributed by atoms with Gasteiger partial charge in [-0.15, -0.1) is 0 Å². The van der Waals surface area contributed by atoms with Crippen molar-refractivity contribution in [3.63, 3.8) is 0 Å². The predicted octanol–water partition coefficient (Wildman–Crippen LogP) is 4.13. The fraction of sp³-hybridized carbons (Fsp3) is 0.333. The van der Waals surface area contributed by atoms with E-state index in [0.717, 1.165) is 55.2 Å². The van der Waals surface area contributed by atoms with Crippen LogP contribution in [0.15, 0.2) is 59.5 Å². The van der Waals surface area contributed by atoms with E-state index in [2.05, 4.69) is 74.1 Å². The molecule has 0 radical (unpaired) electrons. The minimum absolute atomic E-state index is 0.261. The standard InChI is InChI=1S/C24H26N6O/c1-17(2)24-27-23(28-31-24)16-29-10-12-30(13-11-29)22-7-9-26-21-14-18(5-6-20(21)22)19-4-3-8-25-15-19/h3-9,14-15,17H,10-13,16H2,1-2H3. The average molecular weight is 415 g/mol. The van der Waals surface area contributed by atoms with Gasteiger partial charge in [0.15, 0.2) is 5.82 Å². The summed E-state index contributed by atoms with van der Waals surface area (Å²) in [6.45, 7) is 8.70. The van der Waals surface area contributed by atoms with Gasteiger partial charge in [0, 0.05) is 67.3 Å². The molecule has 1 saturated heterocycles. The first kappa shape index (κ1) is 19.6. The van der Waals surface area contributed by atoms with Crippen LogP contribution in [0.2, 0.25) is 0 Å². The Morgan fingerprint density at radius 2 is 1.87 bits per heavy atom. The number of pyridine rings is 2. The molecule has 3 aromatic heterocycles. The number of nitrogens with zero attached hydrogens (tertiary/aromatic N) is 6. The van der Waals surface area contributed by atoms with E-state index < -0.39 is 0 Å². The summed E-state index contributed by atoms with van der Waals surface area (Å²) in [5.74, 6) is 1.74. The molecular formula is C24H26N6O. The van der Waals surface area contributed by atoms with Crippen LogP contribution in [0.4, 0.5) is 5.69 Å². The molecule has 4 aromatic rings. The molecule has 1 aliphatic heterocycles. The Balaban J connectivity index is 1.30. The minimum Gasteiger partial charge on any atom is -0.368 e. The molecule has 1 fully saturated rings. The Morgan fingerprint density at radius 3 is 2.61 bits per heavy atom. The number of benzene rings is 1. The van der Waals surface area contributed by atoms with Gasteiger partial charge in [-0.1, -0.05) is 37.2 Å². The molecule has 0 amide bonds. The van der Waals surface area contributed by atoms with Crippen LogP contribution in [0, 0.1) is 0 Å². The lowest BCUT2D eigenvalue weighted by atomic mass is 10.0. The van der Waals surface area contributed by atoms with Crippen LogP contribution in [0.3, 0.4) is 0 Å². The average Bonchev–Trinajstić information content (AvgIpc) is 3.28. The highest BCUT2D eigenvalue weighted by Gasteiger charge is 2.21. The molecule has 0 spiro atoms. The van der Waals surface area contributed by atoms with Crippen molar-refractivity contribution in [1.29, 1.82) is 0 Å². The Labute approximate surface area is 181 Å². The maximum atomic E-state index is 5.34. The molecule has 0 saturated carbocycles. The second-order valence-electron chi connectivity index (χ2n) is 8.27. The highest BCUT2D eigenvalue weighted by molar-refractivity contribution is 5.94.